The molecule has 176 valence electrons. The van der Waals surface area contributed by atoms with Gasteiger partial charge in [0.25, 0.3) is 0 Å². The van der Waals surface area contributed by atoms with Gasteiger partial charge in [-0.05, 0) is 32.4 Å². The van der Waals surface area contributed by atoms with E-state index in [9.17, 15) is 22.9 Å². The van der Waals surface area contributed by atoms with Crippen molar-refractivity contribution in [1.29, 1.82) is 0 Å². The fourth-order valence-corrected chi connectivity index (χ4v) is 4.10. The number of carbonyl (C=O) groups is 1. The molecule has 3 rings (SSSR count). The van der Waals surface area contributed by atoms with E-state index in [1.807, 2.05) is 20.8 Å². The largest absolute Gasteiger partial charge is 1.00 e. The van der Waals surface area contributed by atoms with Crippen LogP contribution in [0.5, 0.6) is 5.75 Å². The van der Waals surface area contributed by atoms with Crippen LogP contribution in [0.2, 0.25) is 15.2 Å². The van der Waals surface area contributed by atoms with Gasteiger partial charge >= 0.3 is 103 Å². The van der Waals surface area contributed by atoms with Crippen molar-refractivity contribution >= 4 is 56.6 Å². The SMILES string of the molecule is CCOC1Oc2ccc(CS(=O)(=O)[O-])cc2C1(C)C.Nc1c(Cl)c(Cl)nc(C(=O)[O-])c1Cl.[K+].[K+]. The van der Waals surface area contributed by atoms with Crippen molar-refractivity contribution in [2.75, 3.05) is 12.3 Å². The van der Waals surface area contributed by atoms with Crippen LogP contribution in [0, 0.1) is 0 Å². The van der Waals surface area contributed by atoms with Crippen molar-refractivity contribution in [2.45, 2.75) is 38.2 Å². The van der Waals surface area contributed by atoms with Crippen LogP contribution in [0.3, 0.4) is 0 Å². The van der Waals surface area contributed by atoms with Crippen molar-refractivity contribution in [1.82, 2.24) is 4.98 Å². The van der Waals surface area contributed by atoms with Crippen molar-refractivity contribution < 1.29 is 135 Å². The van der Waals surface area contributed by atoms with E-state index in [4.69, 9.17) is 50.0 Å². The number of aromatic carboxylic acids is 1. The Balaban J connectivity index is 0.000000644. The summed E-state index contributed by atoms with van der Waals surface area (Å²) in [4.78, 5) is 13.8. The molecule has 0 bridgehead atoms. The summed E-state index contributed by atoms with van der Waals surface area (Å²) in [6.45, 7) is 6.35. The summed E-state index contributed by atoms with van der Waals surface area (Å²) < 4.78 is 43.7. The van der Waals surface area contributed by atoms with Gasteiger partial charge in [-0.25, -0.2) is 13.4 Å². The number of rotatable bonds is 5. The zero-order valence-corrected chi connectivity index (χ0v) is 28.5. The molecule has 1 aromatic heterocycles. The molecule has 15 heteroatoms. The molecule has 1 aliphatic heterocycles. The summed E-state index contributed by atoms with van der Waals surface area (Å²) >= 11 is 16.5. The Morgan fingerprint density at radius 2 is 1.82 bits per heavy atom. The van der Waals surface area contributed by atoms with Crippen molar-refractivity contribution in [3.05, 3.63) is 50.2 Å². The summed E-state index contributed by atoms with van der Waals surface area (Å²) in [5.74, 6) is -1.39. The second-order valence-electron chi connectivity index (χ2n) is 7.24. The molecule has 1 aromatic carbocycles. The average molecular weight is 604 g/mol. The molecule has 1 unspecified atom stereocenters. The van der Waals surface area contributed by atoms with Gasteiger partial charge < -0.3 is 29.7 Å². The number of fused-ring (bicyclic) bond motifs is 1. The third kappa shape index (κ3) is 9.03. The third-order valence-electron chi connectivity index (χ3n) is 4.49. The van der Waals surface area contributed by atoms with Crippen molar-refractivity contribution in [2.24, 2.45) is 0 Å². The minimum atomic E-state index is -4.28. The number of hydrogen-bond donors (Lipinski definition) is 1. The summed E-state index contributed by atoms with van der Waals surface area (Å²) in [7, 11) is -4.28. The van der Waals surface area contributed by atoms with Crippen LogP contribution in [0.15, 0.2) is 18.2 Å². The third-order valence-corrected chi connectivity index (χ3v) is 6.31. The molecule has 0 spiro atoms. The standard InChI is InChI=1S/C13H18O5S.C6H3Cl3N2O2.2K/c1-4-17-12-13(2,3)10-7-9(8-19(14,15)16)5-6-11(10)18-12;7-1-3(10)2(8)5(9)11-4(1)6(12)13;;/h5-7,12H,4,8H2,1-3H3,(H,14,15,16);(H2,10,11)(H,12,13);;/q;;2*+1/p-2. The number of aromatic nitrogens is 1. The van der Waals surface area contributed by atoms with E-state index in [0.717, 1.165) is 5.56 Å². The summed E-state index contributed by atoms with van der Waals surface area (Å²) in [5.41, 5.74) is 5.66. The molecule has 34 heavy (non-hydrogen) atoms. The van der Waals surface area contributed by atoms with Crippen LogP contribution in [-0.4, -0.2) is 36.8 Å². The molecular formula is C19H19Cl3K2N2O7S. The van der Waals surface area contributed by atoms with E-state index in [1.54, 1.807) is 18.2 Å². The Labute approximate surface area is 298 Å². The normalized spacial score (nSPS) is 15.6. The number of nitrogen functional groups attached to an aromatic ring is 1. The van der Waals surface area contributed by atoms with Crippen LogP contribution < -0.4 is 118 Å². The molecule has 0 amide bonds. The Bertz CT molecular complexity index is 1150. The number of ether oxygens (including phenoxy) is 2. The second kappa shape index (κ2) is 14.6. The second-order valence-corrected chi connectivity index (χ2v) is 9.76. The van der Waals surface area contributed by atoms with E-state index < -0.39 is 33.8 Å². The number of nitrogens with two attached hydrogens (primary N) is 1. The van der Waals surface area contributed by atoms with Gasteiger partial charge in [0.2, 0.25) is 6.29 Å². The molecule has 2 heterocycles. The molecular weight excluding hydrogens is 585 g/mol. The molecule has 0 aliphatic carbocycles. The number of anilines is 1. The first-order valence-electron chi connectivity index (χ1n) is 9.05. The molecule has 0 fully saturated rings. The number of pyridine rings is 1. The number of hydrogen-bond acceptors (Lipinski definition) is 9. The summed E-state index contributed by atoms with van der Waals surface area (Å²) in [5, 5.41) is 9.86. The Morgan fingerprint density at radius 1 is 1.24 bits per heavy atom. The number of benzene rings is 1. The van der Waals surface area contributed by atoms with E-state index in [1.165, 1.54) is 0 Å². The van der Waals surface area contributed by atoms with Gasteiger partial charge in [-0.3, -0.25) is 0 Å². The Morgan fingerprint density at radius 3 is 2.32 bits per heavy atom. The van der Waals surface area contributed by atoms with Crippen LogP contribution in [0.25, 0.3) is 0 Å². The molecule has 9 nitrogen and oxygen atoms in total. The zero-order valence-electron chi connectivity index (χ0n) is 19.1. The van der Waals surface area contributed by atoms with Crippen LogP contribution in [0.1, 0.15) is 42.4 Å². The maximum Gasteiger partial charge on any atom is 1.00 e. The van der Waals surface area contributed by atoms with Crippen molar-refractivity contribution in [3.8, 4) is 5.75 Å². The molecule has 1 atom stereocenters. The van der Waals surface area contributed by atoms with Gasteiger partial charge in [-0.15, -0.1) is 0 Å². The molecule has 1 aliphatic rings. The number of halogens is 3. The fraction of sp³-hybridized carbons (Fsp3) is 0.368. The number of nitrogens with zero attached hydrogens (tertiary/aromatic N) is 1. The van der Waals surface area contributed by atoms with Crippen LogP contribution in [0.4, 0.5) is 5.69 Å². The zero-order chi connectivity index (χ0) is 24.4. The van der Waals surface area contributed by atoms with Gasteiger partial charge in [-0.2, -0.15) is 0 Å². The average Bonchev–Trinajstić information content (AvgIpc) is 2.92. The maximum absolute atomic E-state index is 10.8. The van der Waals surface area contributed by atoms with Gasteiger partial charge in [0, 0.05) is 12.2 Å². The van der Waals surface area contributed by atoms with Gasteiger partial charge in [0.05, 0.1) is 38.0 Å². The Hall–Kier alpha value is 1.45. The molecule has 0 saturated heterocycles. The monoisotopic (exact) mass is 602 g/mol. The first kappa shape index (κ1) is 35.5. The van der Waals surface area contributed by atoms with Crippen LogP contribution in [-0.2, 0) is 26.0 Å². The van der Waals surface area contributed by atoms with E-state index in [2.05, 4.69) is 4.98 Å². The minimum absolute atomic E-state index is 0. The van der Waals surface area contributed by atoms with Gasteiger partial charge in [0.15, 0.2) is 5.15 Å². The molecule has 0 saturated carbocycles. The fourth-order valence-electron chi connectivity index (χ4n) is 2.93. The molecule has 2 aromatic rings. The van der Waals surface area contributed by atoms with Crippen molar-refractivity contribution in [3.63, 3.8) is 0 Å². The summed E-state index contributed by atoms with van der Waals surface area (Å²) in [6.07, 6.45) is -0.397. The summed E-state index contributed by atoms with van der Waals surface area (Å²) in [6, 6.07) is 5.00. The van der Waals surface area contributed by atoms with Crippen LogP contribution >= 0.6 is 34.8 Å². The molecule has 0 radical (unpaired) electrons. The first-order chi connectivity index (χ1) is 14.7. The van der Waals surface area contributed by atoms with E-state index in [-0.39, 0.29) is 129 Å². The Kier molecular flexibility index (Phi) is 15.2. The quantitative estimate of drug-likeness (QED) is 0.211. The van der Waals surface area contributed by atoms with Gasteiger partial charge in [0.1, 0.15) is 16.5 Å². The predicted octanol–water partition coefficient (Wildman–Crippen LogP) is -3.24. The number of carboxylic acid groups (broad SMARTS) is 1. The smallest absolute Gasteiger partial charge is 0.748 e. The maximum atomic E-state index is 10.8. The van der Waals surface area contributed by atoms with E-state index >= 15 is 0 Å². The van der Waals surface area contributed by atoms with Gasteiger partial charge in [-0.1, -0.05) is 46.9 Å². The number of carboxylic acids is 1. The minimum Gasteiger partial charge on any atom is -0.748 e. The first-order valence-corrected chi connectivity index (χ1v) is 11.8. The van der Waals surface area contributed by atoms with E-state index in [0.29, 0.717) is 17.9 Å². The predicted molar refractivity (Wildman–Crippen MR) is 117 cm³/mol. The number of carbonyl (C=O) groups excluding carboxylic acids is 1. The molecule has 2 N–H and O–H groups in total. The topological polar surface area (TPSA) is 155 Å².